The van der Waals surface area contributed by atoms with Crippen molar-refractivity contribution in [2.24, 2.45) is 0 Å². The molecule has 0 unspecified atom stereocenters. The third-order valence-corrected chi connectivity index (χ3v) is 9.27. The van der Waals surface area contributed by atoms with Crippen molar-refractivity contribution < 1.29 is 14.3 Å². The van der Waals surface area contributed by atoms with Gasteiger partial charge in [0.1, 0.15) is 5.65 Å². The Bertz CT molecular complexity index is 2100. The van der Waals surface area contributed by atoms with Gasteiger partial charge >= 0.3 is 0 Å². The van der Waals surface area contributed by atoms with Crippen molar-refractivity contribution in [3.63, 3.8) is 0 Å². The van der Waals surface area contributed by atoms with E-state index in [1.54, 1.807) is 20.4 Å². The van der Waals surface area contributed by atoms with E-state index in [9.17, 15) is 14.4 Å². The average Bonchev–Trinajstić information content (AvgIpc) is 3.54. The van der Waals surface area contributed by atoms with Gasteiger partial charge in [-0.3, -0.25) is 18.8 Å². The summed E-state index contributed by atoms with van der Waals surface area (Å²) in [5.41, 5.74) is 5.95. The number of hydrogen-bond acceptors (Lipinski definition) is 8. The van der Waals surface area contributed by atoms with Crippen molar-refractivity contribution in [1.29, 1.82) is 0 Å². The zero-order chi connectivity index (χ0) is 34.5. The molecule has 4 N–H and O–H groups in total. The van der Waals surface area contributed by atoms with Crippen LogP contribution < -0.4 is 31.6 Å². The zero-order valence-electron chi connectivity index (χ0n) is 27.0. The Morgan fingerprint density at radius 3 is 2.39 bits per heavy atom. The van der Waals surface area contributed by atoms with Gasteiger partial charge < -0.3 is 26.0 Å². The van der Waals surface area contributed by atoms with Gasteiger partial charge in [-0.2, -0.15) is 0 Å². The maximum Gasteiger partial charge on any atom is 0.262 e. The van der Waals surface area contributed by atoms with Gasteiger partial charge in [-0.05, 0) is 30.2 Å². The van der Waals surface area contributed by atoms with E-state index in [2.05, 4.69) is 26.3 Å². The number of rotatable bonds is 12. The number of benzene rings is 2. The van der Waals surface area contributed by atoms with Gasteiger partial charge in [-0.15, -0.1) is 0 Å². The smallest absolute Gasteiger partial charge is 0.262 e. The summed E-state index contributed by atoms with van der Waals surface area (Å²) in [6.07, 6.45) is 4.58. The highest BCUT2D eigenvalue weighted by atomic mass is 35.5. The second-order valence-electron chi connectivity index (χ2n) is 11.6. The molecule has 5 aromatic rings. The number of amides is 2. The summed E-state index contributed by atoms with van der Waals surface area (Å²) >= 11 is 14.1. The quantitative estimate of drug-likeness (QED) is 0.148. The number of nitrogens with one attached hydrogen (secondary N) is 4. The third kappa shape index (κ3) is 7.45. The molecule has 49 heavy (non-hydrogen) atoms. The fourth-order valence-electron chi connectivity index (χ4n) is 5.84. The molecule has 0 spiro atoms. The molecular weight excluding hydrogens is 665 g/mol. The van der Waals surface area contributed by atoms with E-state index in [0.717, 1.165) is 39.8 Å². The first-order chi connectivity index (χ1) is 23.8. The molecule has 3 aromatic heterocycles. The highest BCUT2D eigenvalue weighted by molar-refractivity contribution is 6.39. The predicted octanol–water partition coefficient (Wildman–Crippen LogP) is 4.61. The van der Waals surface area contributed by atoms with Crippen molar-refractivity contribution in [2.45, 2.75) is 32.0 Å². The van der Waals surface area contributed by atoms with Crippen LogP contribution in [0.4, 0.5) is 0 Å². The molecule has 1 aliphatic heterocycles. The van der Waals surface area contributed by atoms with Crippen molar-refractivity contribution in [1.82, 2.24) is 35.6 Å². The van der Waals surface area contributed by atoms with Crippen LogP contribution >= 0.6 is 23.2 Å². The lowest BCUT2D eigenvalue weighted by molar-refractivity contribution is -0.120. The SMILES string of the molecule is CNC(=O)CNCc1cnc2cc(-c3cccc(-c4cccc(-c5ccc(CNC[C@@H]6CCC(=O)N6)c(OC)n5)c4Cl)c3Cl)ccn2c1=O. The fourth-order valence-corrected chi connectivity index (χ4v) is 6.51. The van der Waals surface area contributed by atoms with Crippen LogP contribution in [-0.2, 0) is 22.7 Å². The molecule has 13 heteroatoms. The first-order valence-corrected chi connectivity index (χ1v) is 16.6. The Morgan fingerprint density at radius 2 is 1.67 bits per heavy atom. The number of halogens is 2. The van der Waals surface area contributed by atoms with E-state index in [-0.39, 0.29) is 36.5 Å². The average molecular weight is 701 g/mol. The van der Waals surface area contributed by atoms with E-state index in [1.807, 2.05) is 60.7 Å². The molecule has 0 aliphatic carbocycles. The van der Waals surface area contributed by atoms with Crippen LogP contribution in [0.3, 0.4) is 0 Å². The van der Waals surface area contributed by atoms with Crippen molar-refractivity contribution in [3.8, 4) is 39.4 Å². The lowest BCUT2D eigenvalue weighted by Crippen LogP contribution is -2.35. The number of hydrogen-bond donors (Lipinski definition) is 4. The van der Waals surface area contributed by atoms with E-state index >= 15 is 0 Å². The second kappa shape index (κ2) is 15.2. The van der Waals surface area contributed by atoms with E-state index in [0.29, 0.717) is 52.3 Å². The summed E-state index contributed by atoms with van der Waals surface area (Å²) in [6, 6.07) is 19.1. The summed E-state index contributed by atoms with van der Waals surface area (Å²) in [5, 5.41) is 12.8. The molecule has 0 radical (unpaired) electrons. The normalized spacial score (nSPS) is 14.2. The number of fused-ring (bicyclic) bond motifs is 1. The zero-order valence-corrected chi connectivity index (χ0v) is 28.5. The van der Waals surface area contributed by atoms with Crippen molar-refractivity contribution in [3.05, 3.63) is 105 Å². The maximum absolute atomic E-state index is 13.1. The minimum atomic E-state index is -0.224. The van der Waals surface area contributed by atoms with Crippen LogP contribution in [-0.4, -0.2) is 59.5 Å². The van der Waals surface area contributed by atoms with Gasteiger partial charge in [0.25, 0.3) is 5.56 Å². The van der Waals surface area contributed by atoms with Gasteiger partial charge in [0.2, 0.25) is 17.7 Å². The monoisotopic (exact) mass is 699 g/mol. The van der Waals surface area contributed by atoms with E-state index < -0.39 is 0 Å². The Morgan fingerprint density at radius 1 is 0.959 bits per heavy atom. The largest absolute Gasteiger partial charge is 0.481 e. The Balaban J connectivity index is 1.24. The van der Waals surface area contributed by atoms with Gasteiger partial charge in [-0.25, -0.2) is 9.97 Å². The first-order valence-electron chi connectivity index (χ1n) is 15.8. The van der Waals surface area contributed by atoms with Crippen molar-refractivity contribution >= 4 is 40.7 Å². The topological polar surface area (TPSA) is 139 Å². The maximum atomic E-state index is 13.1. The Kier molecular flexibility index (Phi) is 10.5. The summed E-state index contributed by atoms with van der Waals surface area (Å²) < 4.78 is 7.10. The lowest BCUT2D eigenvalue weighted by Gasteiger charge is -2.16. The molecule has 6 rings (SSSR count). The molecule has 2 aromatic carbocycles. The molecule has 0 saturated carbocycles. The molecule has 1 aliphatic rings. The number of carbonyl (C=O) groups excluding carboxylic acids is 2. The second-order valence-corrected chi connectivity index (χ2v) is 12.4. The molecular formula is C36H35Cl2N7O4. The molecule has 1 fully saturated rings. The number of likely N-dealkylation sites (N-methyl/N-ethyl adjacent to an activating group) is 1. The van der Waals surface area contributed by atoms with Crippen LogP contribution in [0.15, 0.2) is 77.9 Å². The Labute approximate surface area is 293 Å². The van der Waals surface area contributed by atoms with Crippen LogP contribution in [0.5, 0.6) is 5.88 Å². The third-order valence-electron chi connectivity index (χ3n) is 8.46. The predicted molar refractivity (Wildman–Crippen MR) is 191 cm³/mol. The van der Waals surface area contributed by atoms with E-state index in [1.165, 1.54) is 10.6 Å². The molecule has 1 saturated heterocycles. The fraction of sp³-hybridized carbons (Fsp3) is 0.250. The minimum absolute atomic E-state index is 0.0896. The summed E-state index contributed by atoms with van der Waals surface area (Å²) in [7, 11) is 3.14. The molecule has 1 atom stereocenters. The van der Waals surface area contributed by atoms with Gasteiger partial charge in [-0.1, -0.05) is 65.7 Å². The summed E-state index contributed by atoms with van der Waals surface area (Å²) in [6.45, 7) is 1.51. The summed E-state index contributed by atoms with van der Waals surface area (Å²) in [4.78, 5) is 45.4. The number of ether oxygens (including phenoxy) is 1. The van der Waals surface area contributed by atoms with Crippen LogP contribution in [0.25, 0.3) is 39.2 Å². The lowest BCUT2D eigenvalue weighted by atomic mass is 9.97. The van der Waals surface area contributed by atoms with Gasteiger partial charge in [0, 0.05) is 79.4 Å². The first kappa shape index (κ1) is 34.1. The molecule has 4 heterocycles. The van der Waals surface area contributed by atoms with Crippen LogP contribution in [0.1, 0.15) is 24.0 Å². The number of nitrogens with zero attached hydrogens (tertiary/aromatic N) is 3. The molecule has 0 bridgehead atoms. The van der Waals surface area contributed by atoms with Gasteiger partial charge in [0.15, 0.2) is 0 Å². The minimum Gasteiger partial charge on any atom is -0.481 e. The molecule has 2 amide bonds. The van der Waals surface area contributed by atoms with Crippen LogP contribution in [0, 0.1) is 0 Å². The van der Waals surface area contributed by atoms with Crippen LogP contribution in [0.2, 0.25) is 10.0 Å². The number of carbonyl (C=O) groups is 2. The number of pyridine rings is 2. The van der Waals surface area contributed by atoms with Crippen molar-refractivity contribution in [2.75, 3.05) is 27.2 Å². The highest BCUT2D eigenvalue weighted by Crippen LogP contribution is 2.42. The van der Waals surface area contributed by atoms with E-state index in [4.69, 9.17) is 32.9 Å². The number of methoxy groups -OCH3 is 1. The Hall–Kier alpha value is -4.81. The highest BCUT2D eigenvalue weighted by Gasteiger charge is 2.21. The summed E-state index contributed by atoms with van der Waals surface area (Å²) in [5.74, 6) is 0.402. The number of aromatic nitrogens is 3. The standard InChI is InChI=1S/C36H35Cl2N7O4/c1-39-32(47)20-41-17-23-18-42-30-15-21(13-14-45(30)36(23)48)25-5-3-6-26(33(25)37)27-7-4-8-28(34(27)38)29-11-9-22(35(44-29)49-2)16-40-19-24-10-12-31(46)43-24/h3-9,11,13-15,18,24,40-41H,10,12,16-17,19-20H2,1-2H3,(H,39,47)(H,43,46)/t24-/m0/s1. The molecule has 11 nitrogen and oxygen atoms in total. The molecule has 252 valence electrons. The van der Waals surface area contributed by atoms with Gasteiger partial charge in [0.05, 0.1) is 35.0 Å².